The van der Waals surface area contributed by atoms with Gasteiger partial charge >= 0.3 is 0 Å². The zero-order chi connectivity index (χ0) is 20.9. The summed E-state index contributed by atoms with van der Waals surface area (Å²) in [7, 11) is -3.29. The van der Waals surface area contributed by atoms with Crippen molar-refractivity contribution < 1.29 is 18.0 Å². The standard InChI is InChI=1S/C22H26N2O4S/c1-29(27,28)18-11-9-17(10-12-18)19(14-16-6-2-3-7-16)22(26)24-15-21(25)20-8-4-5-13-23-20/h4-5,8-13,16,19H,2-3,6-7,14-15H2,1H3,(H,24,26). The highest BCUT2D eigenvalue weighted by molar-refractivity contribution is 7.90. The Morgan fingerprint density at radius 1 is 1.10 bits per heavy atom. The minimum absolute atomic E-state index is 0.113. The summed E-state index contributed by atoms with van der Waals surface area (Å²) in [6.07, 6.45) is 7.93. The zero-order valence-electron chi connectivity index (χ0n) is 16.5. The second kappa shape index (κ2) is 9.31. The van der Waals surface area contributed by atoms with Gasteiger partial charge in [0.15, 0.2) is 15.6 Å². The third kappa shape index (κ3) is 5.73. The number of sulfone groups is 1. The Morgan fingerprint density at radius 3 is 2.38 bits per heavy atom. The second-order valence-electron chi connectivity index (χ2n) is 7.64. The predicted molar refractivity (Wildman–Crippen MR) is 110 cm³/mol. The molecule has 1 aromatic carbocycles. The number of carbonyl (C=O) groups is 2. The van der Waals surface area contributed by atoms with E-state index < -0.39 is 15.8 Å². The van der Waals surface area contributed by atoms with Gasteiger partial charge in [0.2, 0.25) is 5.91 Å². The number of nitrogens with zero attached hydrogens (tertiary/aromatic N) is 1. The molecule has 1 saturated carbocycles. The summed E-state index contributed by atoms with van der Waals surface area (Å²) in [4.78, 5) is 29.5. The average molecular weight is 415 g/mol. The molecule has 0 radical (unpaired) electrons. The molecular weight excluding hydrogens is 388 g/mol. The van der Waals surface area contributed by atoms with Crippen LogP contribution in [-0.4, -0.2) is 37.9 Å². The minimum atomic E-state index is -3.29. The highest BCUT2D eigenvalue weighted by Crippen LogP contribution is 2.34. The Morgan fingerprint density at radius 2 is 1.79 bits per heavy atom. The van der Waals surface area contributed by atoms with Crippen LogP contribution in [0.3, 0.4) is 0 Å². The molecule has 6 nitrogen and oxygen atoms in total. The lowest BCUT2D eigenvalue weighted by Crippen LogP contribution is -2.34. The SMILES string of the molecule is CS(=O)(=O)c1ccc(C(CC2CCCC2)C(=O)NCC(=O)c2ccccn2)cc1. The third-order valence-corrected chi connectivity index (χ3v) is 6.57. The summed E-state index contributed by atoms with van der Waals surface area (Å²) >= 11 is 0. The zero-order valence-corrected chi connectivity index (χ0v) is 17.3. The van der Waals surface area contributed by atoms with Crippen molar-refractivity contribution in [2.45, 2.75) is 42.9 Å². The Labute approximate surface area is 171 Å². The van der Waals surface area contributed by atoms with Crippen LogP contribution < -0.4 is 5.32 Å². The highest BCUT2D eigenvalue weighted by Gasteiger charge is 2.27. The Bertz CT molecular complexity index is 950. The molecule has 1 fully saturated rings. The Balaban J connectivity index is 1.73. The second-order valence-corrected chi connectivity index (χ2v) is 9.65. The number of Topliss-reactive ketones (excluding diaryl/α,β-unsaturated/α-hetero) is 1. The molecule has 1 heterocycles. The fourth-order valence-corrected chi connectivity index (χ4v) is 4.46. The van der Waals surface area contributed by atoms with Crippen molar-refractivity contribution >= 4 is 21.5 Å². The highest BCUT2D eigenvalue weighted by atomic mass is 32.2. The molecule has 29 heavy (non-hydrogen) atoms. The number of ketones is 1. The molecule has 1 amide bonds. The maximum atomic E-state index is 12.9. The van der Waals surface area contributed by atoms with Crippen molar-refractivity contribution in [2.24, 2.45) is 5.92 Å². The quantitative estimate of drug-likeness (QED) is 0.670. The van der Waals surface area contributed by atoms with E-state index in [0.717, 1.165) is 24.7 Å². The summed E-state index contributed by atoms with van der Waals surface area (Å²) in [6.45, 7) is -0.113. The van der Waals surface area contributed by atoms with E-state index in [2.05, 4.69) is 10.3 Å². The maximum Gasteiger partial charge on any atom is 0.227 e. The van der Waals surface area contributed by atoms with Crippen molar-refractivity contribution in [3.05, 3.63) is 59.9 Å². The number of pyridine rings is 1. The van der Waals surface area contributed by atoms with Gasteiger partial charge < -0.3 is 5.32 Å². The van der Waals surface area contributed by atoms with E-state index in [1.54, 1.807) is 48.7 Å². The normalized spacial score (nSPS) is 15.8. The molecule has 0 saturated heterocycles. The number of aromatic nitrogens is 1. The smallest absolute Gasteiger partial charge is 0.227 e. The molecule has 3 rings (SSSR count). The maximum absolute atomic E-state index is 12.9. The van der Waals surface area contributed by atoms with Crippen molar-refractivity contribution in [3.8, 4) is 0 Å². The van der Waals surface area contributed by atoms with Crippen molar-refractivity contribution in [2.75, 3.05) is 12.8 Å². The van der Waals surface area contributed by atoms with Gasteiger partial charge in [0.25, 0.3) is 0 Å². The van der Waals surface area contributed by atoms with Gasteiger partial charge in [0.05, 0.1) is 17.4 Å². The number of rotatable bonds is 8. The number of benzene rings is 1. The fourth-order valence-electron chi connectivity index (χ4n) is 3.83. The summed E-state index contributed by atoms with van der Waals surface area (Å²) in [6, 6.07) is 11.6. The summed E-state index contributed by atoms with van der Waals surface area (Å²) in [5, 5.41) is 2.75. The van der Waals surface area contributed by atoms with Crippen LogP contribution in [0.5, 0.6) is 0 Å². The summed E-state index contributed by atoms with van der Waals surface area (Å²) < 4.78 is 23.4. The molecule has 1 aromatic heterocycles. The van der Waals surface area contributed by atoms with E-state index in [9.17, 15) is 18.0 Å². The van der Waals surface area contributed by atoms with Crippen LogP contribution in [0.2, 0.25) is 0 Å². The first-order chi connectivity index (χ1) is 13.8. The fraction of sp³-hybridized carbons (Fsp3) is 0.409. The number of carbonyl (C=O) groups excluding carboxylic acids is 2. The molecule has 2 aromatic rings. The molecule has 1 aliphatic carbocycles. The van der Waals surface area contributed by atoms with Crippen LogP contribution in [0.4, 0.5) is 0 Å². The first kappa shape index (κ1) is 21.2. The van der Waals surface area contributed by atoms with Crippen LogP contribution in [0.15, 0.2) is 53.6 Å². The van der Waals surface area contributed by atoms with Gasteiger partial charge in [0.1, 0.15) is 5.69 Å². The summed E-state index contributed by atoms with van der Waals surface area (Å²) in [5.74, 6) is -0.408. The molecule has 0 bridgehead atoms. The molecule has 1 N–H and O–H groups in total. The number of hydrogen-bond donors (Lipinski definition) is 1. The lowest BCUT2D eigenvalue weighted by atomic mass is 9.87. The van der Waals surface area contributed by atoms with Gasteiger partial charge in [-0.1, -0.05) is 43.9 Å². The van der Waals surface area contributed by atoms with Gasteiger partial charge in [-0.05, 0) is 42.2 Å². The average Bonchev–Trinajstić information content (AvgIpc) is 3.23. The number of hydrogen-bond acceptors (Lipinski definition) is 5. The Hall–Kier alpha value is -2.54. The Kier molecular flexibility index (Phi) is 6.79. The van der Waals surface area contributed by atoms with E-state index in [1.165, 1.54) is 12.8 Å². The molecule has 1 aliphatic rings. The molecule has 154 valence electrons. The van der Waals surface area contributed by atoms with E-state index in [1.807, 2.05) is 0 Å². The van der Waals surface area contributed by atoms with Gasteiger partial charge in [-0.15, -0.1) is 0 Å². The molecule has 0 spiro atoms. The van der Waals surface area contributed by atoms with Gasteiger partial charge in [-0.2, -0.15) is 0 Å². The lowest BCUT2D eigenvalue weighted by molar-refractivity contribution is -0.122. The van der Waals surface area contributed by atoms with Crippen molar-refractivity contribution in [1.82, 2.24) is 10.3 Å². The molecular formula is C22H26N2O4S. The van der Waals surface area contributed by atoms with Crippen LogP contribution in [-0.2, 0) is 14.6 Å². The number of amides is 1. The number of nitrogens with one attached hydrogen (secondary N) is 1. The van der Waals surface area contributed by atoms with E-state index >= 15 is 0 Å². The monoisotopic (exact) mass is 414 g/mol. The third-order valence-electron chi connectivity index (χ3n) is 5.44. The van der Waals surface area contributed by atoms with Gasteiger partial charge in [-0.25, -0.2) is 8.42 Å². The van der Waals surface area contributed by atoms with Crippen LogP contribution in [0.1, 0.15) is 54.1 Å². The van der Waals surface area contributed by atoms with Gasteiger partial charge in [-0.3, -0.25) is 14.6 Å². The molecule has 7 heteroatoms. The first-order valence-corrected chi connectivity index (χ1v) is 11.8. The molecule has 1 unspecified atom stereocenters. The minimum Gasteiger partial charge on any atom is -0.348 e. The van der Waals surface area contributed by atoms with E-state index in [-0.39, 0.29) is 23.1 Å². The van der Waals surface area contributed by atoms with Gasteiger partial charge in [0, 0.05) is 12.5 Å². The largest absolute Gasteiger partial charge is 0.348 e. The van der Waals surface area contributed by atoms with Crippen LogP contribution in [0.25, 0.3) is 0 Å². The molecule has 1 atom stereocenters. The van der Waals surface area contributed by atoms with Crippen LogP contribution >= 0.6 is 0 Å². The van der Waals surface area contributed by atoms with Crippen molar-refractivity contribution in [1.29, 1.82) is 0 Å². The van der Waals surface area contributed by atoms with E-state index in [0.29, 0.717) is 18.0 Å². The van der Waals surface area contributed by atoms with Crippen LogP contribution in [0, 0.1) is 5.92 Å². The van der Waals surface area contributed by atoms with Crippen molar-refractivity contribution in [3.63, 3.8) is 0 Å². The lowest BCUT2D eigenvalue weighted by Gasteiger charge is -2.21. The van der Waals surface area contributed by atoms with E-state index in [4.69, 9.17) is 0 Å². The predicted octanol–water partition coefficient (Wildman–Crippen LogP) is 3.15. The molecule has 0 aliphatic heterocycles. The first-order valence-electron chi connectivity index (χ1n) is 9.86. The summed E-state index contributed by atoms with van der Waals surface area (Å²) in [5.41, 5.74) is 1.09. The topological polar surface area (TPSA) is 93.2 Å².